The van der Waals surface area contributed by atoms with E-state index in [0.717, 1.165) is 5.56 Å². The SMILES string of the molecule is O=C(NNC(=S)NCc1ccccc1)c1cc2ccccc2oc1=O. The van der Waals surface area contributed by atoms with Gasteiger partial charge in [0, 0.05) is 11.9 Å². The fraction of sp³-hybridized carbons (Fsp3) is 0.0556. The zero-order chi connectivity index (χ0) is 17.6. The maximum atomic E-state index is 12.2. The normalized spacial score (nSPS) is 10.2. The number of para-hydroxylation sites is 1. The van der Waals surface area contributed by atoms with Crippen molar-refractivity contribution in [2.24, 2.45) is 0 Å². The van der Waals surface area contributed by atoms with E-state index in [1.165, 1.54) is 6.07 Å². The van der Waals surface area contributed by atoms with Gasteiger partial charge < -0.3 is 9.73 Å². The van der Waals surface area contributed by atoms with Crippen molar-refractivity contribution in [1.29, 1.82) is 0 Å². The Hall–Kier alpha value is -3.19. The molecule has 3 N–H and O–H groups in total. The molecule has 0 atom stereocenters. The lowest BCUT2D eigenvalue weighted by Crippen LogP contribution is -2.47. The molecule has 0 saturated carbocycles. The van der Waals surface area contributed by atoms with Gasteiger partial charge in [-0.3, -0.25) is 15.6 Å². The largest absolute Gasteiger partial charge is 0.422 e. The minimum Gasteiger partial charge on any atom is -0.422 e. The molecule has 0 saturated heterocycles. The first-order valence-corrected chi connectivity index (χ1v) is 7.95. The van der Waals surface area contributed by atoms with Crippen LogP contribution in [0, 0.1) is 0 Å². The predicted octanol–water partition coefficient (Wildman–Crippen LogP) is 2.10. The molecule has 1 aromatic heterocycles. The first-order valence-electron chi connectivity index (χ1n) is 7.54. The highest BCUT2D eigenvalue weighted by atomic mass is 32.1. The number of nitrogens with one attached hydrogen (secondary N) is 3. The zero-order valence-electron chi connectivity index (χ0n) is 13.1. The second-order valence-corrected chi connectivity index (χ2v) is 5.64. The highest BCUT2D eigenvalue weighted by Gasteiger charge is 2.13. The number of carbonyl (C=O) groups excluding carboxylic acids is 1. The third-order valence-electron chi connectivity index (χ3n) is 3.47. The summed E-state index contributed by atoms with van der Waals surface area (Å²) in [4.78, 5) is 24.1. The smallest absolute Gasteiger partial charge is 0.349 e. The quantitative estimate of drug-likeness (QED) is 0.380. The Morgan fingerprint density at radius 3 is 2.52 bits per heavy atom. The molecule has 0 fully saturated rings. The van der Waals surface area contributed by atoms with Crippen LogP contribution in [0.5, 0.6) is 0 Å². The summed E-state index contributed by atoms with van der Waals surface area (Å²) < 4.78 is 5.13. The summed E-state index contributed by atoms with van der Waals surface area (Å²) in [6.45, 7) is 0.515. The van der Waals surface area contributed by atoms with Gasteiger partial charge in [-0.15, -0.1) is 0 Å². The highest BCUT2D eigenvalue weighted by molar-refractivity contribution is 7.80. The van der Waals surface area contributed by atoms with E-state index >= 15 is 0 Å². The lowest BCUT2D eigenvalue weighted by Gasteiger charge is -2.11. The lowest BCUT2D eigenvalue weighted by molar-refractivity contribution is 0.0940. The Bertz CT molecular complexity index is 970. The molecule has 0 unspecified atom stereocenters. The van der Waals surface area contributed by atoms with Gasteiger partial charge in [0.1, 0.15) is 11.1 Å². The van der Waals surface area contributed by atoms with Crippen LogP contribution in [-0.2, 0) is 6.54 Å². The van der Waals surface area contributed by atoms with Crippen LogP contribution in [0.15, 0.2) is 69.9 Å². The maximum Gasteiger partial charge on any atom is 0.349 e. The van der Waals surface area contributed by atoms with Crippen molar-refractivity contribution < 1.29 is 9.21 Å². The first kappa shape index (κ1) is 16.7. The van der Waals surface area contributed by atoms with Crippen LogP contribution in [0.2, 0.25) is 0 Å². The average Bonchev–Trinajstić information content (AvgIpc) is 2.64. The molecule has 0 bridgehead atoms. The minimum absolute atomic E-state index is 0.0999. The van der Waals surface area contributed by atoms with Gasteiger partial charge in [0.2, 0.25) is 0 Å². The number of hydrogen-bond donors (Lipinski definition) is 3. The van der Waals surface area contributed by atoms with Gasteiger partial charge in [-0.25, -0.2) is 4.79 Å². The van der Waals surface area contributed by atoms with Crippen molar-refractivity contribution in [2.45, 2.75) is 6.54 Å². The van der Waals surface area contributed by atoms with Crippen molar-refractivity contribution in [3.8, 4) is 0 Å². The maximum absolute atomic E-state index is 12.2. The van der Waals surface area contributed by atoms with Crippen LogP contribution in [-0.4, -0.2) is 11.0 Å². The molecule has 2 aromatic carbocycles. The molecule has 0 aliphatic heterocycles. The van der Waals surface area contributed by atoms with E-state index in [4.69, 9.17) is 16.6 Å². The van der Waals surface area contributed by atoms with Crippen LogP contribution in [0.25, 0.3) is 11.0 Å². The van der Waals surface area contributed by atoms with E-state index in [0.29, 0.717) is 17.5 Å². The molecule has 0 radical (unpaired) electrons. The molecule has 6 nitrogen and oxygen atoms in total. The molecule has 126 valence electrons. The fourth-order valence-corrected chi connectivity index (χ4v) is 2.35. The predicted molar refractivity (Wildman–Crippen MR) is 99.0 cm³/mol. The molecule has 7 heteroatoms. The molecule has 1 amide bonds. The van der Waals surface area contributed by atoms with E-state index in [-0.39, 0.29) is 10.7 Å². The molecule has 0 aliphatic carbocycles. The summed E-state index contributed by atoms with van der Waals surface area (Å²) in [5.74, 6) is -0.622. The molecule has 1 heterocycles. The summed E-state index contributed by atoms with van der Waals surface area (Å²) in [6.07, 6.45) is 0. The summed E-state index contributed by atoms with van der Waals surface area (Å²) in [5.41, 5.74) is 5.62. The first-order chi connectivity index (χ1) is 12.1. The van der Waals surface area contributed by atoms with Crippen molar-refractivity contribution in [2.75, 3.05) is 0 Å². The number of hydrogen-bond acceptors (Lipinski definition) is 4. The Kier molecular flexibility index (Phi) is 5.06. The van der Waals surface area contributed by atoms with Gasteiger partial charge in [0.25, 0.3) is 5.91 Å². The van der Waals surface area contributed by atoms with Crippen molar-refractivity contribution in [3.63, 3.8) is 0 Å². The molecule has 25 heavy (non-hydrogen) atoms. The fourth-order valence-electron chi connectivity index (χ4n) is 2.22. The van der Waals surface area contributed by atoms with Gasteiger partial charge in [-0.1, -0.05) is 48.5 Å². The summed E-state index contributed by atoms with van der Waals surface area (Å²) in [7, 11) is 0. The number of amides is 1. The van der Waals surface area contributed by atoms with E-state index in [2.05, 4.69) is 16.2 Å². The standard InChI is InChI=1S/C18H15N3O3S/c22-16(14-10-13-8-4-5-9-15(13)24-17(14)23)20-21-18(25)19-11-12-6-2-1-3-7-12/h1-10H,11H2,(H,20,22)(H2,19,21,25). The Morgan fingerprint density at radius 2 is 1.72 bits per heavy atom. The average molecular weight is 353 g/mol. The van der Waals surface area contributed by atoms with Crippen LogP contribution >= 0.6 is 12.2 Å². The van der Waals surface area contributed by atoms with Gasteiger partial charge in [0.15, 0.2) is 5.11 Å². The number of rotatable bonds is 3. The van der Waals surface area contributed by atoms with Crippen LogP contribution < -0.4 is 21.8 Å². The summed E-state index contributed by atoms with van der Waals surface area (Å²) >= 11 is 5.09. The number of thiocarbonyl (C=S) groups is 1. The Morgan fingerprint density at radius 1 is 1.00 bits per heavy atom. The topological polar surface area (TPSA) is 83.4 Å². The third kappa shape index (κ3) is 4.21. The van der Waals surface area contributed by atoms with E-state index in [1.54, 1.807) is 24.3 Å². The lowest BCUT2D eigenvalue weighted by atomic mass is 10.2. The van der Waals surface area contributed by atoms with E-state index < -0.39 is 11.5 Å². The molecule has 0 spiro atoms. The number of fused-ring (bicyclic) bond motifs is 1. The monoisotopic (exact) mass is 353 g/mol. The zero-order valence-corrected chi connectivity index (χ0v) is 13.9. The third-order valence-corrected chi connectivity index (χ3v) is 3.72. The Labute approximate surface area is 148 Å². The summed E-state index contributed by atoms with van der Waals surface area (Å²) in [6, 6.07) is 18.1. The summed E-state index contributed by atoms with van der Waals surface area (Å²) in [5, 5.41) is 3.86. The van der Waals surface area contributed by atoms with Crippen molar-refractivity contribution in [3.05, 3.63) is 82.2 Å². The number of carbonyl (C=O) groups is 1. The van der Waals surface area contributed by atoms with Gasteiger partial charge in [-0.2, -0.15) is 0 Å². The highest BCUT2D eigenvalue weighted by Crippen LogP contribution is 2.12. The van der Waals surface area contributed by atoms with Gasteiger partial charge >= 0.3 is 5.63 Å². The molecular weight excluding hydrogens is 338 g/mol. The second-order valence-electron chi connectivity index (χ2n) is 5.23. The molecular formula is C18H15N3O3S. The van der Waals surface area contributed by atoms with Crippen LogP contribution in [0.3, 0.4) is 0 Å². The van der Waals surface area contributed by atoms with E-state index in [1.807, 2.05) is 30.3 Å². The van der Waals surface area contributed by atoms with Gasteiger partial charge in [-0.05, 0) is 29.9 Å². The molecule has 0 aliphatic rings. The Balaban J connectivity index is 1.60. The van der Waals surface area contributed by atoms with Crippen molar-refractivity contribution >= 4 is 34.2 Å². The number of hydrazine groups is 1. The van der Waals surface area contributed by atoms with E-state index in [9.17, 15) is 9.59 Å². The van der Waals surface area contributed by atoms with Gasteiger partial charge in [0.05, 0.1) is 0 Å². The molecule has 3 aromatic rings. The second kappa shape index (κ2) is 7.59. The van der Waals surface area contributed by atoms with Crippen molar-refractivity contribution in [1.82, 2.24) is 16.2 Å². The number of benzene rings is 2. The minimum atomic E-state index is -0.707. The van der Waals surface area contributed by atoms with Crippen LogP contribution in [0.4, 0.5) is 0 Å². The van der Waals surface area contributed by atoms with Crippen LogP contribution in [0.1, 0.15) is 15.9 Å². The molecule has 3 rings (SSSR count).